The molecular formula is C14H9ClF3NO2. The molecule has 0 spiro atoms. The monoisotopic (exact) mass is 315 g/mol. The fraction of sp³-hybridized carbons (Fsp3) is 0.0714. The number of carbonyl (C=O) groups is 1. The molecule has 2 N–H and O–H groups in total. The lowest BCUT2D eigenvalue weighted by molar-refractivity contribution is -0.274. The van der Waals surface area contributed by atoms with E-state index in [4.69, 9.17) is 17.3 Å². The first-order valence-electron chi connectivity index (χ1n) is 5.72. The zero-order chi connectivity index (χ0) is 15.6. The minimum atomic E-state index is -4.85. The molecule has 2 aromatic rings. The Bertz CT molecular complexity index is 686. The maximum atomic E-state index is 12.4. The Labute approximate surface area is 123 Å². The van der Waals surface area contributed by atoms with E-state index in [2.05, 4.69) is 4.74 Å². The molecule has 0 aliphatic carbocycles. The van der Waals surface area contributed by atoms with Crippen LogP contribution in [-0.4, -0.2) is 12.3 Å². The summed E-state index contributed by atoms with van der Waals surface area (Å²) in [6, 6.07) is 9.58. The third-order valence-electron chi connectivity index (χ3n) is 2.65. The number of ether oxygens (including phenoxy) is 1. The first kappa shape index (κ1) is 15.2. The van der Waals surface area contributed by atoms with Gasteiger partial charge in [0.25, 0.3) is 0 Å². The molecule has 0 aliphatic heterocycles. The highest BCUT2D eigenvalue weighted by molar-refractivity contribution is 6.31. The van der Waals surface area contributed by atoms with Gasteiger partial charge in [-0.25, -0.2) is 0 Å². The number of alkyl halides is 3. The number of nitrogens with two attached hydrogens (primary N) is 1. The first-order chi connectivity index (χ1) is 9.78. The van der Waals surface area contributed by atoms with E-state index in [1.165, 1.54) is 36.4 Å². The summed E-state index contributed by atoms with van der Waals surface area (Å²) in [5.74, 6) is -1.21. The predicted octanol–water partition coefficient (Wildman–Crippen LogP) is 4.00. The third-order valence-corrected chi connectivity index (χ3v) is 2.89. The summed E-state index contributed by atoms with van der Waals surface area (Å²) in [4.78, 5) is 11.4. The highest BCUT2D eigenvalue weighted by atomic mass is 35.5. The van der Waals surface area contributed by atoms with Gasteiger partial charge in [0, 0.05) is 16.1 Å². The van der Waals surface area contributed by atoms with Gasteiger partial charge in [0.15, 0.2) is 0 Å². The van der Waals surface area contributed by atoms with Crippen molar-refractivity contribution in [3.05, 3.63) is 53.1 Å². The fourth-order valence-corrected chi connectivity index (χ4v) is 2.03. The summed E-state index contributed by atoms with van der Waals surface area (Å²) in [6.07, 6.45) is -4.85. The number of hydrogen-bond donors (Lipinski definition) is 1. The van der Waals surface area contributed by atoms with Gasteiger partial charge in [-0.15, -0.1) is 13.2 Å². The summed E-state index contributed by atoms with van der Waals surface area (Å²) < 4.78 is 41.3. The van der Waals surface area contributed by atoms with Crippen LogP contribution < -0.4 is 10.5 Å². The van der Waals surface area contributed by atoms with Crippen molar-refractivity contribution >= 4 is 17.5 Å². The molecule has 21 heavy (non-hydrogen) atoms. The van der Waals surface area contributed by atoms with Crippen molar-refractivity contribution in [3.8, 4) is 16.9 Å². The van der Waals surface area contributed by atoms with Crippen LogP contribution in [0.1, 0.15) is 10.4 Å². The number of para-hydroxylation sites is 1. The smallest absolute Gasteiger partial charge is 0.405 e. The Balaban J connectivity index is 2.62. The number of amides is 1. The number of halogens is 4. The molecule has 0 bridgehead atoms. The van der Waals surface area contributed by atoms with Gasteiger partial charge in [-0.05, 0) is 29.8 Å². The molecule has 0 radical (unpaired) electrons. The molecule has 0 fully saturated rings. The number of hydrogen-bond acceptors (Lipinski definition) is 2. The molecule has 2 rings (SSSR count). The molecular weight excluding hydrogens is 307 g/mol. The fourth-order valence-electron chi connectivity index (χ4n) is 1.86. The highest BCUT2D eigenvalue weighted by Crippen LogP contribution is 2.36. The quantitative estimate of drug-likeness (QED) is 0.930. The average molecular weight is 316 g/mol. The van der Waals surface area contributed by atoms with E-state index in [0.29, 0.717) is 0 Å². The van der Waals surface area contributed by atoms with Gasteiger partial charge in [-0.2, -0.15) is 0 Å². The van der Waals surface area contributed by atoms with Crippen molar-refractivity contribution in [1.29, 1.82) is 0 Å². The van der Waals surface area contributed by atoms with Crippen molar-refractivity contribution in [1.82, 2.24) is 0 Å². The molecule has 0 unspecified atom stereocenters. The zero-order valence-electron chi connectivity index (χ0n) is 10.4. The van der Waals surface area contributed by atoms with E-state index in [0.717, 1.165) is 6.07 Å². The Kier molecular flexibility index (Phi) is 4.09. The minimum absolute atomic E-state index is 0.0534. The number of carbonyl (C=O) groups excluding carboxylic acids is 1. The molecule has 7 heteroatoms. The van der Waals surface area contributed by atoms with Crippen LogP contribution in [-0.2, 0) is 0 Å². The van der Waals surface area contributed by atoms with Crippen LogP contribution in [0.3, 0.4) is 0 Å². The molecule has 0 saturated heterocycles. The number of benzene rings is 2. The lowest BCUT2D eigenvalue weighted by Gasteiger charge is -2.15. The molecule has 0 atom stereocenters. The minimum Gasteiger partial charge on any atom is -0.405 e. The van der Waals surface area contributed by atoms with E-state index in [9.17, 15) is 18.0 Å². The second-order valence-corrected chi connectivity index (χ2v) is 4.53. The maximum absolute atomic E-state index is 12.4. The van der Waals surface area contributed by atoms with Crippen molar-refractivity contribution < 1.29 is 22.7 Å². The van der Waals surface area contributed by atoms with Gasteiger partial charge in [-0.1, -0.05) is 29.8 Å². The van der Waals surface area contributed by atoms with Crippen molar-refractivity contribution in [2.45, 2.75) is 6.36 Å². The van der Waals surface area contributed by atoms with Crippen LogP contribution in [0.4, 0.5) is 13.2 Å². The van der Waals surface area contributed by atoms with Crippen LogP contribution >= 0.6 is 11.6 Å². The Morgan fingerprint density at radius 1 is 1.10 bits per heavy atom. The van der Waals surface area contributed by atoms with Crippen LogP contribution in [0.15, 0.2) is 42.5 Å². The first-order valence-corrected chi connectivity index (χ1v) is 6.10. The summed E-state index contributed by atoms with van der Waals surface area (Å²) in [5.41, 5.74) is 5.54. The van der Waals surface area contributed by atoms with Crippen molar-refractivity contribution in [3.63, 3.8) is 0 Å². The van der Waals surface area contributed by atoms with Gasteiger partial charge >= 0.3 is 6.36 Å². The Hall–Kier alpha value is -2.21. The molecule has 0 aromatic heterocycles. The van der Waals surface area contributed by atoms with Crippen molar-refractivity contribution in [2.24, 2.45) is 5.73 Å². The lowest BCUT2D eigenvalue weighted by atomic mass is 9.98. The lowest BCUT2D eigenvalue weighted by Crippen LogP contribution is -2.18. The summed E-state index contributed by atoms with van der Waals surface area (Å²) in [7, 11) is 0. The zero-order valence-corrected chi connectivity index (χ0v) is 11.2. The summed E-state index contributed by atoms with van der Waals surface area (Å²) in [6.45, 7) is 0. The largest absolute Gasteiger partial charge is 0.573 e. The predicted molar refractivity (Wildman–Crippen MR) is 72.1 cm³/mol. The highest BCUT2D eigenvalue weighted by Gasteiger charge is 2.32. The van der Waals surface area contributed by atoms with Gasteiger partial charge in [0.1, 0.15) is 5.75 Å². The summed E-state index contributed by atoms with van der Waals surface area (Å²) >= 11 is 5.84. The molecule has 0 saturated carbocycles. The second kappa shape index (κ2) is 5.65. The van der Waals surface area contributed by atoms with Crippen LogP contribution in [0.25, 0.3) is 11.1 Å². The van der Waals surface area contributed by atoms with Crippen LogP contribution in [0, 0.1) is 0 Å². The molecule has 3 nitrogen and oxygen atoms in total. The van der Waals surface area contributed by atoms with E-state index in [-0.39, 0.29) is 21.7 Å². The van der Waals surface area contributed by atoms with E-state index < -0.39 is 18.0 Å². The normalized spacial score (nSPS) is 11.2. The van der Waals surface area contributed by atoms with Crippen LogP contribution in [0.5, 0.6) is 5.75 Å². The average Bonchev–Trinajstić information content (AvgIpc) is 2.37. The van der Waals surface area contributed by atoms with Gasteiger partial charge < -0.3 is 10.5 Å². The molecule has 0 aliphatic rings. The maximum Gasteiger partial charge on any atom is 0.573 e. The second-order valence-electron chi connectivity index (χ2n) is 4.10. The molecule has 110 valence electrons. The summed E-state index contributed by atoms with van der Waals surface area (Å²) in [5, 5.41) is 0.261. The van der Waals surface area contributed by atoms with Crippen LogP contribution in [0.2, 0.25) is 5.02 Å². The van der Waals surface area contributed by atoms with Gasteiger partial charge in [0.2, 0.25) is 5.91 Å². The van der Waals surface area contributed by atoms with E-state index in [1.54, 1.807) is 0 Å². The van der Waals surface area contributed by atoms with E-state index >= 15 is 0 Å². The SMILES string of the molecule is NC(=O)c1ccc(Cl)cc1-c1ccccc1OC(F)(F)F. The topological polar surface area (TPSA) is 52.3 Å². The third kappa shape index (κ3) is 3.66. The Morgan fingerprint density at radius 3 is 2.38 bits per heavy atom. The molecule has 1 amide bonds. The number of rotatable bonds is 3. The number of primary amides is 1. The van der Waals surface area contributed by atoms with E-state index in [1.807, 2.05) is 0 Å². The Morgan fingerprint density at radius 2 is 1.76 bits per heavy atom. The molecule has 0 heterocycles. The standard InChI is InChI=1S/C14H9ClF3NO2/c15-8-5-6-10(13(19)20)11(7-8)9-3-1-2-4-12(9)21-14(16,17)18/h1-7H,(H2,19,20). The van der Waals surface area contributed by atoms with Gasteiger partial charge in [-0.3, -0.25) is 4.79 Å². The molecule has 2 aromatic carbocycles. The van der Waals surface area contributed by atoms with Gasteiger partial charge in [0.05, 0.1) is 0 Å². The van der Waals surface area contributed by atoms with Crippen molar-refractivity contribution in [2.75, 3.05) is 0 Å².